The van der Waals surface area contributed by atoms with Crippen molar-refractivity contribution >= 4 is 11.5 Å². The molecule has 1 N–H and O–H groups in total. The third-order valence-electron chi connectivity index (χ3n) is 2.33. The molecular weight excluding hydrogens is 242 g/mol. The number of rotatable bonds is 4. The Kier molecular flexibility index (Phi) is 3.31. The van der Waals surface area contributed by atoms with E-state index in [9.17, 15) is 13.7 Å². The van der Waals surface area contributed by atoms with Crippen molar-refractivity contribution in [1.29, 1.82) is 0 Å². The average Bonchev–Trinajstić information content (AvgIpc) is 2.73. The molecule has 0 bridgehead atoms. The van der Waals surface area contributed by atoms with E-state index in [4.69, 9.17) is 0 Å². The molecular formula is C11H10F2N4O. The van der Waals surface area contributed by atoms with E-state index in [2.05, 4.69) is 15.6 Å². The monoisotopic (exact) mass is 252 g/mol. The Morgan fingerprint density at radius 1 is 1.44 bits per heavy atom. The molecule has 0 saturated carbocycles. The van der Waals surface area contributed by atoms with Crippen LogP contribution < -0.4 is 5.32 Å². The fourth-order valence-corrected chi connectivity index (χ4v) is 1.58. The molecule has 0 radical (unpaired) electrons. The molecule has 0 aliphatic rings. The summed E-state index contributed by atoms with van der Waals surface area (Å²) in [6, 6.07) is 3.11. The minimum absolute atomic E-state index is 0.0438. The van der Waals surface area contributed by atoms with Gasteiger partial charge in [-0.15, -0.1) is 4.91 Å². The highest BCUT2D eigenvalue weighted by Gasteiger charge is 2.15. The summed E-state index contributed by atoms with van der Waals surface area (Å²) in [6.07, 6.45) is 1.22. The van der Waals surface area contributed by atoms with E-state index in [1.165, 1.54) is 16.9 Å². The SMILES string of the molecule is CCNc1c(N=O)cnn1-c1ccc(F)cc1F. The summed E-state index contributed by atoms with van der Waals surface area (Å²) in [7, 11) is 0. The van der Waals surface area contributed by atoms with Gasteiger partial charge in [-0.05, 0) is 24.2 Å². The highest BCUT2D eigenvalue weighted by molar-refractivity contribution is 5.63. The number of nitrogens with zero attached hydrogens (tertiary/aromatic N) is 3. The third kappa shape index (κ3) is 2.06. The van der Waals surface area contributed by atoms with Crippen LogP contribution in [0, 0.1) is 16.5 Å². The summed E-state index contributed by atoms with van der Waals surface area (Å²) in [4.78, 5) is 10.6. The van der Waals surface area contributed by atoms with Crippen molar-refractivity contribution in [1.82, 2.24) is 9.78 Å². The van der Waals surface area contributed by atoms with Gasteiger partial charge in [0.2, 0.25) is 0 Å². The van der Waals surface area contributed by atoms with Crippen LogP contribution in [0.15, 0.2) is 29.6 Å². The maximum atomic E-state index is 13.6. The fraction of sp³-hybridized carbons (Fsp3) is 0.182. The standard InChI is InChI=1S/C11H10F2N4O/c1-2-14-11-9(16-18)6-15-17(11)10-4-3-7(12)5-8(10)13/h3-6,14H,2H2,1H3. The van der Waals surface area contributed by atoms with Crippen LogP contribution in [0.1, 0.15) is 6.92 Å². The second-order valence-electron chi connectivity index (χ2n) is 3.51. The second-order valence-corrected chi connectivity index (χ2v) is 3.51. The maximum absolute atomic E-state index is 13.6. The molecule has 0 unspecified atom stereocenters. The highest BCUT2D eigenvalue weighted by atomic mass is 19.1. The third-order valence-corrected chi connectivity index (χ3v) is 2.33. The summed E-state index contributed by atoms with van der Waals surface area (Å²) < 4.78 is 27.6. The van der Waals surface area contributed by atoms with Crippen LogP contribution in [0.3, 0.4) is 0 Å². The summed E-state index contributed by atoms with van der Waals surface area (Å²) in [5, 5.41) is 9.52. The smallest absolute Gasteiger partial charge is 0.170 e. The molecule has 1 aromatic carbocycles. The van der Waals surface area contributed by atoms with Crippen LogP contribution in [0.2, 0.25) is 0 Å². The van der Waals surface area contributed by atoms with E-state index in [0.717, 1.165) is 12.1 Å². The summed E-state index contributed by atoms with van der Waals surface area (Å²) >= 11 is 0. The van der Waals surface area contributed by atoms with Crippen molar-refractivity contribution in [2.75, 3.05) is 11.9 Å². The lowest BCUT2D eigenvalue weighted by atomic mass is 10.3. The Bertz CT molecular complexity index is 582. The molecule has 0 spiro atoms. The summed E-state index contributed by atoms with van der Waals surface area (Å²) in [6.45, 7) is 2.32. The Labute approximate surface area is 101 Å². The van der Waals surface area contributed by atoms with Crippen molar-refractivity contribution in [2.45, 2.75) is 6.92 Å². The first-order valence-electron chi connectivity index (χ1n) is 5.28. The zero-order chi connectivity index (χ0) is 13.1. The number of hydrogen-bond acceptors (Lipinski definition) is 4. The molecule has 0 saturated heterocycles. The van der Waals surface area contributed by atoms with Crippen LogP contribution in [0.5, 0.6) is 0 Å². The number of halogens is 2. The zero-order valence-electron chi connectivity index (χ0n) is 9.52. The van der Waals surface area contributed by atoms with Crippen molar-refractivity contribution in [3.8, 4) is 5.69 Å². The van der Waals surface area contributed by atoms with E-state index in [-0.39, 0.29) is 17.2 Å². The van der Waals surface area contributed by atoms with Crippen molar-refractivity contribution < 1.29 is 8.78 Å². The topological polar surface area (TPSA) is 59.3 Å². The molecule has 0 aliphatic heterocycles. The van der Waals surface area contributed by atoms with Gasteiger partial charge in [-0.2, -0.15) is 5.10 Å². The molecule has 18 heavy (non-hydrogen) atoms. The number of anilines is 1. The van der Waals surface area contributed by atoms with Crippen LogP contribution in [0.4, 0.5) is 20.3 Å². The first-order chi connectivity index (χ1) is 8.67. The predicted molar refractivity (Wildman–Crippen MR) is 63.1 cm³/mol. The van der Waals surface area contributed by atoms with Crippen molar-refractivity contribution in [3.63, 3.8) is 0 Å². The average molecular weight is 252 g/mol. The molecule has 2 rings (SSSR count). The van der Waals surface area contributed by atoms with Gasteiger partial charge in [0.15, 0.2) is 17.3 Å². The van der Waals surface area contributed by atoms with Crippen molar-refractivity contribution in [2.24, 2.45) is 5.18 Å². The molecule has 5 nitrogen and oxygen atoms in total. The van der Waals surface area contributed by atoms with Crippen LogP contribution in [-0.2, 0) is 0 Å². The van der Waals surface area contributed by atoms with E-state index in [1.54, 1.807) is 0 Å². The van der Waals surface area contributed by atoms with Gasteiger partial charge < -0.3 is 5.32 Å². The second kappa shape index (κ2) is 4.91. The van der Waals surface area contributed by atoms with Crippen LogP contribution >= 0.6 is 0 Å². The van der Waals surface area contributed by atoms with E-state index >= 15 is 0 Å². The predicted octanol–water partition coefficient (Wildman–Crippen LogP) is 2.98. The number of aromatic nitrogens is 2. The van der Waals surface area contributed by atoms with Crippen molar-refractivity contribution in [3.05, 3.63) is 40.9 Å². The molecule has 1 heterocycles. The molecule has 2 aromatic rings. The highest BCUT2D eigenvalue weighted by Crippen LogP contribution is 2.28. The molecule has 0 fully saturated rings. The Hall–Kier alpha value is -2.31. The first-order valence-corrected chi connectivity index (χ1v) is 5.28. The van der Waals surface area contributed by atoms with Gasteiger partial charge >= 0.3 is 0 Å². The van der Waals surface area contributed by atoms with Gasteiger partial charge in [-0.25, -0.2) is 13.5 Å². The lowest BCUT2D eigenvalue weighted by Crippen LogP contribution is -2.07. The largest absolute Gasteiger partial charge is 0.368 e. The first kappa shape index (κ1) is 12.2. The number of benzene rings is 1. The number of nitrogens with one attached hydrogen (secondary N) is 1. The molecule has 7 heteroatoms. The summed E-state index contributed by atoms with van der Waals surface area (Å²) in [5.41, 5.74) is 0.114. The maximum Gasteiger partial charge on any atom is 0.170 e. The van der Waals surface area contributed by atoms with Crippen LogP contribution in [-0.4, -0.2) is 16.3 Å². The Morgan fingerprint density at radius 2 is 2.22 bits per heavy atom. The molecule has 0 atom stereocenters. The minimum Gasteiger partial charge on any atom is -0.368 e. The molecule has 1 aromatic heterocycles. The Morgan fingerprint density at radius 3 is 2.83 bits per heavy atom. The minimum atomic E-state index is -0.769. The number of hydrogen-bond donors (Lipinski definition) is 1. The van der Waals surface area contributed by atoms with E-state index < -0.39 is 11.6 Å². The van der Waals surface area contributed by atoms with Gasteiger partial charge in [0.05, 0.1) is 6.20 Å². The molecule has 0 aliphatic carbocycles. The lowest BCUT2D eigenvalue weighted by molar-refractivity contribution is 0.574. The molecule has 94 valence electrons. The quantitative estimate of drug-likeness (QED) is 0.851. The van der Waals surface area contributed by atoms with E-state index in [0.29, 0.717) is 6.54 Å². The zero-order valence-corrected chi connectivity index (χ0v) is 9.52. The van der Waals surface area contributed by atoms with Gasteiger partial charge in [-0.3, -0.25) is 0 Å². The van der Waals surface area contributed by atoms with Crippen LogP contribution in [0.25, 0.3) is 5.69 Å². The van der Waals surface area contributed by atoms with Gasteiger partial charge in [0.1, 0.15) is 11.5 Å². The fourth-order valence-electron chi connectivity index (χ4n) is 1.58. The Balaban J connectivity index is 2.56. The number of nitroso groups, excluding NO2 is 1. The van der Waals surface area contributed by atoms with Gasteiger partial charge in [0, 0.05) is 12.6 Å². The summed E-state index contributed by atoms with van der Waals surface area (Å²) in [5.74, 6) is -1.17. The molecule has 0 amide bonds. The lowest BCUT2D eigenvalue weighted by Gasteiger charge is -2.09. The normalized spacial score (nSPS) is 10.4. The van der Waals surface area contributed by atoms with Gasteiger partial charge in [-0.1, -0.05) is 0 Å². The van der Waals surface area contributed by atoms with Gasteiger partial charge in [0.25, 0.3) is 0 Å². The van der Waals surface area contributed by atoms with E-state index in [1.807, 2.05) is 6.92 Å².